The predicted octanol–water partition coefficient (Wildman–Crippen LogP) is 1.81. The lowest BCUT2D eigenvalue weighted by molar-refractivity contribution is 0.309. The first-order valence-electron chi connectivity index (χ1n) is 5.43. The van der Waals surface area contributed by atoms with Gasteiger partial charge in [-0.05, 0) is 30.1 Å². The van der Waals surface area contributed by atoms with Gasteiger partial charge in [-0.2, -0.15) is 0 Å². The zero-order chi connectivity index (χ0) is 11.7. The summed E-state index contributed by atoms with van der Waals surface area (Å²) in [5.41, 5.74) is 2.33. The number of aryl methyl sites for hydroxylation is 1. The minimum absolute atomic E-state index is 0.575. The standard InChI is InChI=1S/C12H11BNO2S/c1-8-14-5-11(17-8)7-15-10-3-2-9-6-16-13-12(9)4-10/h2-5H,6-7H2,1H3. The molecule has 0 saturated heterocycles. The molecule has 0 unspecified atom stereocenters. The van der Waals surface area contributed by atoms with Crippen LogP contribution in [0.3, 0.4) is 0 Å². The Balaban J connectivity index is 1.69. The number of hydrogen-bond donors (Lipinski definition) is 0. The van der Waals surface area contributed by atoms with Crippen molar-refractivity contribution in [2.75, 3.05) is 0 Å². The summed E-state index contributed by atoms with van der Waals surface area (Å²) in [7, 11) is 1.78. The third-order valence-corrected chi connectivity index (χ3v) is 3.50. The van der Waals surface area contributed by atoms with Gasteiger partial charge >= 0.3 is 7.48 Å². The molecule has 0 fully saturated rings. The highest BCUT2D eigenvalue weighted by atomic mass is 32.1. The molecule has 17 heavy (non-hydrogen) atoms. The van der Waals surface area contributed by atoms with Gasteiger partial charge < -0.3 is 9.39 Å². The van der Waals surface area contributed by atoms with Crippen LogP contribution in [-0.4, -0.2) is 12.5 Å². The van der Waals surface area contributed by atoms with Crippen LogP contribution in [0.5, 0.6) is 5.75 Å². The Morgan fingerprint density at radius 1 is 1.53 bits per heavy atom. The molecule has 0 spiro atoms. The molecule has 1 aromatic heterocycles. The van der Waals surface area contributed by atoms with Crippen molar-refractivity contribution in [2.24, 2.45) is 0 Å². The van der Waals surface area contributed by atoms with Crippen LogP contribution >= 0.6 is 11.3 Å². The smallest absolute Gasteiger partial charge is 0.330 e. The van der Waals surface area contributed by atoms with Crippen LogP contribution in [0, 0.1) is 6.92 Å². The summed E-state index contributed by atoms with van der Waals surface area (Å²) < 4.78 is 11.0. The Kier molecular flexibility index (Phi) is 2.86. The number of nitrogens with zero attached hydrogens (tertiary/aromatic N) is 1. The van der Waals surface area contributed by atoms with Crippen molar-refractivity contribution in [3.05, 3.63) is 39.8 Å². The lowest BCUT2D eigenvalue weighted by Crippen LogP contribution is -2.11. The summed E-state index contributed by atoms with van der Waals surface area (Å²) in [6.07, 6.45) is 1.86. The molecule has 1 radical (unpaired) electrons. The van der Waals surface area contributed by atoms with Gasteiger partial charge in [0.2, 0.25) is 0 Å². The Morgan fingerprint density at radius 2 is 2.47 bits per heavy atom. The maximum atomic E-state index is 5.73. The molecule has 1 aliphatic rings. The van der Waals surface area contributed by atoms with Crippen LogP contribution in [0.15, 0.2) is 24.4 Å². The first-order valence-corrected chi connectivity index (χ1v) is 6.25. The van der Waals surface area contributed by atoms with Gasteiger partial charge in [0.05, 0.1) is 16.5 Å². The van der Waals surface area contributed by atoms with E-state index in [0.29, 0.717) is 13.2 Å². The Hall–Kier alpha value is -1.33. The highest BCUT2D eigenvalue weighted by molar-refractivity contribution is 7.11. The monoisotopic (exact) mass is 244 g/mol. The summed E-state index contributed by atoms with van der Waals surface area (Å²) in [4.78, 5) is 5.34. The zero-order valence-electron chi connectivity index (χ0n) is 9.47. The molecule has 0 atom stereocenters. The molecule has 1 aliphatic heterocycles. The molecule has 0 bridgehead atoms. The number of benzene rings is 1. The summed E-state index contributed by atoms with van der Waals surface area (Å²) in [5, 5.41) is 1.07. The number of hydrogen-bond acceptors (Lipinski definition) is 4. The van der Waals surface area contributed by atoms with Crippen LogP contribution in [0.4, 0.5) is 0 Å². The summed E-state index contributed by atoms with van der Waals surface area (Å²) >= 11 is 1.66. The van der Waals surface area contributed by atoms with E-state index in [1.807, 2.05) is 31.3 Å². The fourth-order valence-electron chi connectivity index (χ4n) is 1.75. The summed E-state index contributed by atoms with van der Waals surface area (Å²) in [5.74, 6) is 0.872. The maximum Gasteiger partial charge on any atom is 0.330 e. The van der Waals surface area contributed by atoms with E-state index in [1.54, 1.807) is 18.8 Å². The average molecular weight is 244 g/mol. The van der Waals surface area contributed by atoms with E-state index in [9.17, 15) is 0 Å². The van der Waals surface area contributed by atoms with Gasteiger partial charge in [-0.15, -0.1) is 11.3 Å². The molecule has 0 amide bonds. The van der Waals surface area contributed by atoms with E-state index >= 15 is 0 Å². The largest absolute Gasteiger partial charge is 0.488 e. The second-order valence-corrected chi connectivity index (χ2v) is 5.24. The average Bonchev–Trinajstić information content (AvgIpc) is 2.94. The molecule has 0 aliphatic carbocycles. The van der Waals surface area contributed by atoms with Crippen molar-refractivity contribution in [1.82, 2.24) is 4.98 Å². The van der Waals surface area contributed by atoms with Gasteiger partial charge in [0.1, 0.15) is 12.4 Å². The molecular weight excluding hydrogens is 233 g/mol. The Morgan fingerprint density at radius 3 is 3.29 bits per heavy atom. The minimum Gasteiger partial charge on any atom is -0.488 e. The van der Waals surface area contributed by atoms with Crippen molar-refractivity contribution in [2.45, 2.75) is 20.1 Å². The van der Waals surface area contributed by atoms with Gasteiger partial charge in [0, 0.05) is 6.20 Å². The summed E-state index contributed by atoms with van der Waals surface area (Å²) in [6.45, 7) is 3.24. The van der Waals surface area contributed by atoms with Gasteiger partial charge in [0.25, 0.3) is 0 Å². The second kappa shape index (κ2) is 4.51. The van der Waals surface area contributed by atoms with Crippen LogP contribution in [0.25, 0.3) is 0 Å². The molecule has 3 nitrogen and oxygen atoms in total. The highest BCUT2D eigenvalue weighted by Gasteiger charge is 2.13. The van der Waals surface area contributed by atoms with E-state index in [0.717, 1.165) is 21.1 Å². The van der Waals surface area contributed by atoms with Crippen molar-refractivity contribution < 1.29 is 9.39 Å². The molecule has 2 heterocycles. The van der Waals surface area contributed by atoms with Gasteiger partial charge in [-0.25, -0.2) is 4.98 Å². The van der Waals surface area contributed by atoms with E-state index in [4.69, 9.17) is 9.39 Å². The van der Waals surface area contributed by atoms with Crippen molar-refractivity contribution >= 4 is 24.3 Å². The molecule has 85 valence electrons. The van der Waals surface area contributed by atoms with E-state index < -0.39 is 0 Å². The van der Waals surface area contributed by atoms with Crippen molar-refractivity contribution in [3.63, 3.8) is 0 Å². The van der Waals surface area contributed by atoms with Crippen molar-refractivity contribution in [1.29, 1.82) is 0 Å². The summed E-state index contributed by atoms with van der Waals surface area (Å²) in [6, 6.07) is 6.04. The Labute approximate surface area is 105 Å². The van der Waals surface area contributed by atoms with Gasteiger partial charge in [-0.1, -0.05) is 6.07 Å². The van der Waals surface area contributed by atoms with Crippen LogP contribution in [0.1, 0.15) is 15.4 Å². The third-order valence-electron chi connectivity index (χ3n) is 2.62. The van der Waals surface area contributed by atoms with Crippen LogP contribution < -0.4 is 10.2 Å². The van der Waals surface area contributed by atoms with Crippen LogP contribution in [0.2, 0.25) is 0 Å². The van der Waals surface area contributed by atoms with Gasteiger partial charge in [-0.3, -0.25) is 0 Å². The van der Waals surface area contributed by atoms with E-state index in [-0.39, 0.29) is 0 Å². The molecule has 2 aromatic rings. The SMILES string of the molecule is Cc1ncc(COc2ccc3c(c2)[B]OC3)s1. The first-order chi connectivity index (χ1) is 8.31. The lowest BCUT2D eigenvalue weighted by atomic mass is 9.87. The number of fused-ring (bicyclic) bond motifs is 1. The highest BCUT2D eigenvalue weighted by Crippen LogP contribution is 2.18. The van der Waals surface area contributed by atoms with E-state index in [2.05, 4.69) is 4.98 Å². The molecule has 3 rings (SSSR count). The predicted molar refractivity (Wildman–Crippen MR) is 67.8 cm³/mol. The number of aromatic nitrogens is 1. The third kappa shape index (κ3) is 2.35. The normalized spacial score (nSPS) is 13.2. The quantitative estimate of drug-likeness (QED) is 0.771. The minimum atomic E-state index is 0.575. The number of thiazole rings is 1. The number of rotatable bonds is 3. The maximum absolute atomic E-state index is 5.73. The lowest BCUT2D eigenvalue weighted by Gasteiger charge is -2.05. The van der Waals surface area contributed by atoms with Gasteiger partial charge in [0.15, 0.2) is 0 Å². The van der Waals surface area contributed by atoms with E-state index in [1.165, 1.54) is 5.56 Å². The molecule has 5 heteroatoms. The van der Waals surface area contributed by atoms with Crippen LogP contribution in [-0.2, 0) is 17.9 Å². The first kappa shape index (κ1) is 10.8. The molecule has 1 aromatic carbocycles. The fraction of sp³-hybridized carbons (Fsp3) is 0.250. The number of ether oxygens (including phenoxy) is 1. The molecule has 0 saturated carbocycles. The van der Waals surface area contributed by atoms with Crippen molar-refractivity contribution in [3.8, 4) is 5.75 Å². The fourth-order valence-corrected chi connectivity index (χ4v) is 2.46. The topological polar surface area (TPSA) is 31.4 Å². The molecular formula is C12H11BNO2S. The Bertz CT molecular complexity index is 541. The second-order valence-electron chi connectivity index (χ2n) is 3.92. The zero-order valence-corrected chi connectivity index (χ0v) is 10.3. The molecule has 0 N–H and O–H groups in total.